The Kier molecular flexibility index (Phi) is 6.78. The Morgan fingerprint density at radius 1 is 1.23 bits per heavy atom. The first-order valence-corrected chi connectivity index (χ1v) is 9.17. The molecule has 1 amide bonds. The zero-order valence-corrected chi connectivity index (χ0v) is 16.0. The van der Waals surface area contributed by atoms with Gasteiger partial charge >= 0.3 is 5.97 Å². The van der Waals surface area contributed by atoms with Gasteiger partial charge in [0.25, 0.3) is 0 Å². The van der Waals surface area contributed by atoms with Gasteiger partial charge in [0, 0.05) is 18.5 Å². The second-order valence-electron chi connectivity index (χ2n) is 7.51. The van der Waals surface area contributed by atoms with Crippen LogP contribution in [0.5, 0.6) is 0 Å². The molecule has 0 radical (unpaired) electrons. The van der Waals surface area contributed by atoms with Crippen molar-refractivity contribution >= 4 is 11.9 Å². The van der Waals surface area contributed by atoms with Gasteiger partial charge in [-0.3, -0.25) is 9.59 Å². The van der Waals surface area contributed by atoms with Crippen LogP contribution in [0.3, 0.4) is 0 Å². The summed E-state index contributed by atoms with van der Waals surface area (Å²) in [6.07, 6.45) is 0.961. The van der Waals surface area contributed by atoms with Crippen molar-refractivity contribution in [3.8, 4) is 0 Å². The lowest BCUT2D eigenvalue weighted by Gasteiger charge is -2.52. The molecular formula is C20H30N2O4. The molecule has 2 rings (SSSR count). The van der Waals surface area contributed by atoms with Crippen LogP contribution in [-0.4, -0.2) is 41.3 Å². The summed E-state index contributed by atoms with van der Waals surface area (Å²) >= 11 is 0. The van der Waals surface area contributed by atoms with Gasteiger partial charge in [-0.2, -0.15) is 0 Å². The predicted octanol–water partition coefficient (Wildman–Crippen LogP) is 2.50. The smallest absolute Gasteiger partial charge is 0.306 e. The molecule has 0 aliphatic heterocycles. The maximum absolute atomic E-state index is 11.7. The van der Waals surface area contributed by atoms with Crippen molar-refractivity contribution < 1.29 is 19.4 Å². The number of hydrogen-bond acceptors (Lipinski definition) is 4. The molecule has 1 aromatic rings. The summed E-state index contributed by atoms with van der Waals surface area (Å²) in [7, 11) is 0. The fraction of sp³-hybridized carbons (Fsp3) is 0.600. The fourth-order valence-electron chi connectivity index (χ4n) is 3.63. The van der Waals surface area contributed by atoms with Crippen LogP contribution in [0.15, 0.2) is 30.3 Å². The van der Waals surface area contributed by atoms with E-state index in [-0.39, 0.29) is 24.1 Å². The third-order valence-electron chi connectivity index (χ3n) is 5.01. The van der Waals surface area contributed by atoms with Crippen LogP contribution in [0.2, 0.25) is 0 Å². The molecular weight excluding hydrogens is 332 g/mol. The van der Waals surface area contributed by atoms with Crippen LogP contribution >= 0.6 is 0 Å². The highest BCUT2D eigenvalue weighted by atomic mass is 16.5. The van der Waals surface area contributed by atoms with E-state index in [0.717, 1.165) is 5.56 Å². The number of benzene rings is 1. The molecule has 1 aromatic carbocycles. The molecule has 144 valence electrons. The van der Waals surface area contributed by atoms with Crippen molar-refractivity contribution in [1.29, 1.82) is 0 Å². The maximum atomic E-state index is 11.7. The third kappa shape index (κ3) is 5.05. The Bertz CT molecular complexity index is 611. The van der Waals surface area contributed by atoms with E-state index in [1.807, 2.05) is 44.2 Å². The van der Waals surface area contributed by atoms with Gasteiger partial charge < -0.3 is 20.5 Å². The molecule has 1 aliphatic rings. The number of aliphatic carboxylic acids is 1. The van der Waals surface area contributed by atoms with Gasteiger partial charge in [0.2, 0.25) is 5.91 Å². The molecule has 0 heterocycles. The monoisotopic (exact) mass is 362 g/mol. The van der Waals surface area contributed by atoms with Crippen LogP contribution in [0, 0.1) is 5.92 Å². The van der Waals surface area contributed by atoms with Crippen molar-refractivity contribution in [3.05, 3.63) is 35.9 Å². The zero-order chi connectivity index (χ0) is 19.3. The van der Waals surface area contributed by atoms with Gasteiger partial charge in [0.1, 0.15) is 0 Å². The highest BCUT2D eigenvalue weighted by Crippen LogP contribution is 2.42. The molecule has 3 N–H and O–H groups in total. The highest BCUT2D eigenvalue weighted by molar-refractivity contribution is 5.74. The molecule has 1 fully saturated rings. The molecule has 1 aliphatic carbocycles. The van der Waals surface area contributed by atoms with Gasteiger partial charge in [0.05, 0.1) is 24.7 Å². The second-order valence-corrected chi connectivity index (χ2v) is 7.51. The summed E-state index contributed by atoms with van der Waals surface area (Å²) in [6.45, 7) is 7.76. The number of carboxylic acids is 1. The standard InChI is InChI=1S/C20H30N2O4/c1-13(2)26-12-18(21-15(4)23)20(10-17(11-20)19(24)25)22-14(3)16-8-6-5-7-9-16/h5-9,13-14,17-18,22H,10-12H2,1-4H3,(H,21,23)(H,24,25)/t14-,17?,18?,20?/m1/s1. The summed E-state index contributed by atoms with van der Waals surface area (Å²) in [5, 5.41) is 15.9. The Morgan fingerprint density at radius 3 is 2.35 bits per heavy atom. The maximum Gasteiger partial charge on any atom is 0.306 e. The van der Waals surface area contributed by atoms with E-state index in [1.54, 1.807) is 0 Å². The first kappa shape index (κ1) is 20.4. The zero-order valence-electron chi connectivity index (χ0n) is 16.0. The molecule has 1 saturated carbocycles. The van der Waals surface area contributed by atoms with E-state index in [2.05, 4.69) is 17.6 Å². The van der Waals surface area contributed by atoms with E-state index in [0.29, 0.717) is 19.4 Å². The predicted molar refractivity (Wildman–Crippen MR) is 99.8 cm³/mol. The number of ether oxygens (including phenoxy) is 1. The van der Waals surface area contributed by atoms with Gasteiger partial charge in [-0.25, -0.2) is 0 Å². The Labute approximate surface area is 155 Å². The van der Waals surface area contributed by atoms with E-state index in [9.17, 15) is 14.7 Å². The quantitative estimate of drug-likeness (QED) is 0.628. The van der Waals surface area contributed by atoms with Crippen LogP contribution in [-0.2, 0) is 14.3 Å². The van der Waals surface area contributed by atoms with Crippen LogP contribution in [0.1, 0.15) is 52.1 Å². The summed E-state index contributed by atoms with van der Waals surface area (Å²) < 4.78 is 5.77. The molecule has 0 bridgehead atoms. The molecule has 1 unspecified atom stereocenters. The minimum absolute atomic E-state index is 0.0289. The van der Waals surface area contributed by atoms with Gasteiger partial charge in [-0.1, -0.05) is 30.3 Å². The van der Waals surface area contributed by atoms with E-state index < -0.39 is 17.4 Å². The number of nitrogens with one attached hydrogen (secondary N) is 2. The molecule has 2 atom stereocenters. The second kappa shape index (κ2) is 8.64. The van der Waals surface area contributed by atoms with Crippen LogP contribution < -0.4 is 10.6 Å². The molecule has 26 heavy (non-hydrogen) atoms. The van der Waals surface area contributed by atoms with Crippen molar-refractivity contribution in [2.45, 2.75) is 64.3 Å². The summed E-state index contributed by atoms with van der Waals surface area (Å²) in [4.78, 5) is 23.1. The molecule has 0 aromatic heterocycles. The normalized spacial score (nSPS) is 24.6. The Morgan fingerprint density at radius 2 is 1.85 bits per heavy atom. The average molecular weight is 362 g/mol. The molecule has 0 saturated heterocycles. The number of carbonyl (C=O) groups excluding carboxylic acids is 1. The summed E-state index contributed by atoms with van der Waals surface area (Å²) in [5.74, 6) is -1.34. The lowest BCUT2D eigenvalue weighted by atomic mass is 9.63. The van der Waals surface area contributed by atoms with Gasteiger partial charge in [0.15, 0.2) is 0 Å². The SMILES string of the molecule is CC(=O)NC(COC(C)C)C1(N[C@H](C)c2ccccc2)CC(C(=O)O)C1. The van der Waals surface area contributed by atoms with Gasteiger partial charge in [-0.15, -0.1) is 0 Å². The largest absolute Gasteiger partial charge is 0.481 e. The highest BCUT2D eigenvalue weighted by Gasteiger charge is 2.53. The fourth-order valence-corrected chi connectivity index (χ4v) is 3.63. The number of rotatable bonds is 9. The molecule has 0 spiro atoms. The number of hydrogen-bond donors (Lipinski definition) is 3. The summed E-state index contributed by atoms with van der Waals surface area (Å²) in [6, 6.07) is 9.74. The Hall–Kier alpha value is -1.92. The molecule has 6 nitrogen and oxygen atoms in total. The number of carboxylic acid groups (broad SMARTS) is 1. The van der Waals surface area contributed by atoms with Crippen molar-refractivity contribution in [3.63, 3.8) is 0 Å². The first-order valence-electron chi connectivity index (χ1n) is 9.17. The topological polar surface area (TPSA) is 87.7 Å². The van der Waals surface area contributed by atoms with Crippen LogP contribution in [0.4, 0.5) is 0 Å². The first-order chi connectivity index (χ1) is 12.2. The van der Waals surface area contributed by atoms with E-state index in [4.69, 9.17) is 4.74 Å². The van der Waals surface area contributed by atoms with E-state index >= 15 is 0 Å². The molecule has 6 heteroatoms. The van der Waals surface area contributed by atoms with Crippen LogP contribution in [0.25, 0.3) is 0 Å². The minimum atomic E-state index is -0.791. The van der Waals surface area contributed by atoms with Crippen molar-refractivity contribution in [2.24, 2.45) is 5.92 Å². The number of amides is 1. The van der Waals surface area contributed by atoms with E-state index in [1.165, 1.54) is 6.92 Å². The number of carbonyl (C=O) groups is 2. The minimum Gasteiger partial charge on any atom is -0.481 e. The summed E-state index contributed by atoms with van der Waals surface area (Å²) in [5.41, 5.74) is 0.621. The third-order valence-corrected chi connectivity index (χ3v) is 5.01. The lowest BCUT2D eigenvalue weighted by Crippen LogP contribution is -2.69. The van der Waals surface area contributed by atoms with Crippen molar-refractivity contribution in [2.75, 3.05) is 6.61 Å². The lowest BCUT2D eigenvalue weighted by molar-refractivity contribution is -0.150. The Balaban J connectivity index is 2.21. The van der Waals surface area contributed by atoms with Crippen molar-refractivity contribution in [1.82, 2.24) is 10.6 Å². The van der Waals surface area contributed by atoms with Gasteiger partial charge in [-0.05, 0) is 39.2 Å². The average Bonchev–Trinajstić information content (AvgIpc) is 2.54.